The largest absolute Gasteiger partial charge is 0.349 e. The van der Waals surface area contributed by atoms with Gasteiger partial charge in [0.15, 0.2) is 0 Å². The van der Waals surface area contributed by atoms with Crippen molar-refractivity contribution in [3.63, 3.8) is 0 Å². The first-order valence-corrected chi connectivity index (χ1v) is 12.8. The van der Waals surface area contributed by atoms with E-state index in [4.69, 9.17) is 11.6 Å². The number of amides is 1. The third-order valence-electron chi connectivity index (χ3n) is 7.23. The first-order chi connectivity index (χ1) is 17.3. The van der Waals surface area contributed by atoms with E-state index in [-0.39, 0.29) is 17.6 Å². The minimum absolute atomic E-state index is 0.0377. The molecule has 1 fully saturated rings. The zero-order valence-corrected chi connectivity index (χ0v) is 21.5. The normalized spacial score (nSPS) is 17.9. The molecule has 1 aromatic carbocycles. The zero-order valence-electron chi connectivity index (χ0n) is 20.8. The van der Waals surface area contributed by atoms with Crippen LogP contribution in [0.1, 0.15) is 53.0 Å². The molecule has 1 saturated carbocycles. The molecule has 3 aromatic heterocycles. The highest BCUT2D eigenvalue weighted by Crippen LogP contribution is 2.28. The van der Waals surface area contributed by atoms with Gasteiger partial charge in [-0.3, -0.25) is 23.9 Å². The molecule has 1 N–H and O–H groups in total. The fourth-order valence-corrected chi connectivity index (χ4v) is 5.39. The van der Waals surface area contributed by atoms with Crippen LogP contribution in [0.5, 0.6) is 0 Å². The summed E-state index contributed by atoms with van der Waals surface area (Å²) in [6.45, 7) is 6.44. The van der Waals surface area contributed by atoms with Gasteiger partial charge in [0.1, 0.15) is 0 Å². The minimum atomic E-state index is -0.132. The molecule has 0 spiro atoms. The van der Waals surface area contributed by atoms with E-state index in [0.29, 0.717) is 28.7 Å². The Kier molecular flexibility index (Phi) is 6.67. The number of aryl methyl sites for hydroxylation is 3. The Bertz CT molecular complexity index is 1480. The second-order valence-corrected chi connectivity index (χ2v) is 10.2. The van der Waals surface area contributed by atoms with Gasteiger partial charge >= 0.3 is 5.69 Å². The number of nitrogens with zero attached hydrogens (tertiary/aromatic N) is 4. The molecule has 0 radical (unpaired) electrons. The van der Waals surface area contributed by atoms with Crippen LogP contribution >= 0.6 is 11.6 Å². The molecule has 0 aliphatic heterocycles. The van der Waals surface area contributed by atoms with Crippen LogP contribution in [0.4, 0.5) is 0 Å². The standard InChI is InChI=1S/C28H30ClN5O2/c1-17-5-4-6-25-26(17)34(23-12-7-18(2)30-15-23)28(36)33(25)16-20-8-10-22(11-9-20)32-27(35)24-13-21(29)14-31-19(24)3/h4-7,12-15,20,22H,8-11,16H2,1-3H3,(H,32,35)/t20-,22-. The van der Waals surface area contributed by atoms with Crippen LogP contribution in [0.15, 0.2) is 53.6 Å². The molecule has 1 aliphatic carbocycles. The van der Waals surface area contributed by atoms with Crippen LogP contribution in [0.25, 0.3) is 16.7 Å². The lowest BCUT2D eigenvalue weighted by atomic mass is 9.85. The lowest BCUT2D eigenvalue weighted by molar-refractivity contribution is 0.0919. The van der Waals surface area contributed by atoms with Gasteiger partial charge in [0, 0.05) is 24.5 Å². The summed E-state index contributed by atoms with van der Waals surface area (Å²) >= 11 is 6.04. The van der Waals surface area contributed by atoms with Crippen LogP contribution < -0.4 is 11.0 Å². The molecule has 186 valence electrons. The first kappa shape index (κ1) is 24.3. The summed E-state index contributed by atoms with van der Waals surface area (Å²) in [7, 11) is 0. The summed E-state index contributed by atoms with van der Waals surface area (Å²) in [4.78, 5) is 35.0. The molecular weight excluding hydrogens is 474 g/mol. The second-order valence-electron chi connectivity index (χ2n) is 9.81. The van der Waals surface area contributed by atoms with Crippen molar-refractivity contribution >= 4 is 28.5 Å². The summed E-state index contributed by atoms with van der Waals surface area (Å²) in [5, 5.41) is 3.60. The number of aromatic nitrogens is 4. The fourth-order valence-electron chi connectivity index (χ4n) is 5.23. The highest BCUT2D eigenvalue weighted by molar-refractivity contribution is 6.30. The van der Waals surface area contributed by atoms with Crippen molar-refractivity contribution in [1.29, 1.82) is 0 Å². The maximum Gasteiger partial charge on any atom is 0.333 e. The van der Waals surface area contributed by atoms with Crippen molar-refractivity contribution < 1.29 is 4.79 Å². The molecule has 5 rings (SSSR count). The summed E-state index contributed by atoms with van der Waals surface area (Å²) in [5.74, 6) is 0.230. The van der Waals surface area contributed by atoms with Gasteiger partial charge in [0.2, 0.25) is 0 Å². The van der Waals surface area contributed by atoms with Gasteiger partial charge < -0.3 is 5.32 Å². The fraction of sp³-hybridized carbons (Fsp3) is 0.357. The number of benzene rings is 1. The summed E-state index contributed by atoms with van der Waals surface area (Å²) in [6.07, 6.45) is 6.94. The predicted molar refractivity (Wildman–Crippen MR) is 142 cm³/mol. The number of para-hydroxylation sites is 1. The highest BCUT2D eigenvalue weighted by Gasteiger charge is 2.26. The molecule has 3 heterocycles. The molecule has 7 nitrogen and oxygen atoms in total. The van der Waals surface area contributed by atoms with Crippen molar-refractivity contribution in [2.75, 3.05) is 0 Å². The Balaban J connectivity index is 1.33. The van der Waals surface area contributed by atoms with Crippen LogP contribution in [0, 0.1) is 26.7 Å². The number of fused-ring (bicyclic) bond motifs is 1. The maximum absolute atomic E-state index is 13.7. The average Bonchev–Trinajstić information content (AvgIpc) is 3.14. The van der Waals surface area contributed by atoms with Crippen molar-refractivity contribution in [3.8, 4) is 5.69 Å². The molecule has 0 atom stereocenters. The second kappa shape index (κ2) is 9.90. The van der Waals surface area contributed by atoms with E-state index in [9.17, 15) is 9.59 Å². The Labute approximate surface area is 215 Å². The van der Waals surface area contributed by atoms with E-state index in [2.05, 4.69) is 15.3 Å². The number of hydrogen-bond acceptors (Lipinski definition) is 4. The average molecular weight is 504 g/mol. The van der Waals surface area contributed by atoms with Crippen molar-refractivity contribution in [2.24, 2.45) is 5.92 Å². The van der Waals surface area contributed by atoms with Crippen LogP contribution in [-0.4, -0.2) is 31.1 Å². The number of nitrogens with one attached hydrogen (secondary N) is 1. The van der Waals surface area contributed by atoms with Crippen LogP contribution in [-0.2, 0) is 6.54 Å². The summed E-state index contributed by atoms with van der Waals surface area (Å²) in [6, 6.07) is 11.7. The molecule has 0 saturated heterocycles. The molecule has 1 amide bonds. The Morgan fingerprint density at radius 2 is 1.83 bits per heavy atom. The SMILES string of the molecule is Cc1ccc(-n2c(=O)n(C[C@H]3CC[C@H](NC(=O)c4cc(Cl)cnc4C)CC3)c3cccc(C)c32)cn1. The van der Waals surface area contributed by atoms with E-state index in [1.807, 2.05) is 55.7 Å². The topological polar surface area (TPSA) is 81.8 Å². The quantitative estimate of drug-likeness (QED) is 0.408. The Morgan fingerprint density at radius 1 is 1.06 bits per heavy atom. The minimum Gasteiger partial charge on any atom is -0.349 e. The summed E-state index contributed by atoms with van der Waals surface area (Å²) in [5.41, 5.74) is 5.77. The van der Waals surface area contributed by atoms with E-state index in [1.54, 1.807) is 23.0 Å². The van der Waals surface area contributed by atoms with Crippen LogP contribution in [0.2, 0.25) is 5.02 Å². The molecule has 1 aliphatic rings. The third-order valence-corrected chi connectivity index (χ3v) is 7.43. The van der Waals surface area contributed by atoms with Gasteiger partial charge in [-0.1, -0.05) is 23.7 Å². The van der Waals surface area contributed by atoms with Gasteiger partial charge in [-0.25, -0.2) is 4.79 Å². The zero-order chi connectivity index (χ0) is 25.4. The molecule has 36 heavy (non-hydrogen) atoms. The number of halogens is 1. The number of carbonyl (C=O) groups is 1. The number of pyridine rings is 2. The summed E-state index contributed by atoms with van der Waals surface area (Å²) < 4.78 is 3.69. The Morgan fingerprint density at radius 3 is 2.56 bits per heavy atom. The van der Waals surface area contributed by atoms with Gasteiger partial charge in [-0.05, 0) is 82.2 Å². The van der Waals surface area contributed by atoms with E-state index >= 15 is 0 Å². The van der Waals surface area contributed by atoms with Gasteiger partial charge in [-0.15, -0.1) is 0 Å². The van der Waals surface area contributed by atoms with Crippen molar-refractivity contribution in [1.82, 2.24) is 24.4 Å². The van der Waals surface area contributed by atoms with Crippen molar-refractivity contribution in [3.05, 3.63) is 86.8 Å². The smallest absolute Gasteiger partial charge is 0.333 e. The van der Waals surface area contributed by atoms with Crippen LogP contribution in [0.3, 0.4) is 0 Å². The lowest BCUT2D eigenvalue weighted by Crippen LogP contribution is -2.39. The van der Waals surface area contributed by atoms with Gasteiger partial charge in [-0.2, -0.15) is 0 Å². The number of rotatable bonds is 5. The van der Waals surface area contributed by atoms with Gasteiger partial charge in [0.05, 0.1) is 39.2 Å². The van der Waals surface area contributed by atoms with E-state index in [0.717, 1.165) is 53.7 Å². The number of imidazole rings is 1. The Hall–Kier alpha value is -3.45. The lowest BCUT2D eigenvalue weighted by Gasteiger charge is -2.29. The highest BCUT2D eigenvalue weighted by atomic mass is 35.5. The van der Waals surface area contributed by atoms with Gasteiger partial charge in [0.25, 0.3) is 5.91 Å². The van der Waals surface area contributed by atoms with E-state index < -0.39 is 0 Å². The monoisotopic (exact) mass is 503 g/mol. The predicted octanol–water partition coefficient (Wildman–Crippen LogP) is 5.15. The molecule has 0 bridgehead atoms. The molecular formula is C28H30ClN5O2. The van der Waals surface area contributed by atoms with Crippen molar-refractivity contribution in [2.45, 2.75) is 59.0 Å². The molecule has 4 aromatic rings. The molecule has 8 heteroatoms. The van der Waals surface area contributed by atoms with E-state index in [1.165, 1.54) is 0 Å². The molecule has 0 unspecified atom stereocenters. The number of hydrogen-bond donors (Lipinski definition) is 1. The first-order valence-electron chi connectivity index (χ1n) is 12.4. The maximum atomic E-state index is 13.7. The number of carbonyl (C=O) groups excluding carboxylic acids is 1. The third kappa shape index (κ3) is 4.67.